The van der Waals surface area contributed by atoms with E-state index in [1.165, 1.54) is 0 Å². The summed E-state index contributed by atoms with van der Waals surface area (Å²) in [4.78, 5) is 22.7. The molecule has 7 heteroatoms. The predicted octanol–water partition coefficient (Wildman–Crippen LogP) is 4.87. The highest BCUT2D eigenvalue weighted by molar-refractivity contribution is 6.42. The number of piperidine rings is 1. The average Bonchev–Trinajstić information content (AvgIpc) is 2.76. The molecule has 2 unspecified atom stereocenters. The Morgan fingerprint density at radius 1 is 1.14 bits per heavy atom. The van der Waals surface area contributed by atoms with Gasteiger partial charge in [-0.2, -0.15) is 0 Å². The summed E-state index contributed by atoms with van der Waals surface area (Å²) in [6.07, 6.45) is 3.62. The molecular formula is C22H23Cl2N3O2. The number of aliphatic hydroxyl groups excluding tert-OH is 1. The summed E-state index contributed by atoms with van der Waals surface area (Å²) in [6.45, 7) is 3.68. The largest absolute Gasteiger partial charge is 0.400 e. The average molecular weight is 432 g/mol. The van der Waals surface area contributed by atoms with Crippen LogP contribution in [0.1, 0.15) is 13.3 Å². The van der Waals surface area contributed by atoms with Crippen LogP contribution in [0.2, 0.25) is 10.0 Å². The van der Waals surface area contributed by atoms with E-state index < -0.39 is 0 Å². The van der Waals surface area contributed by atoms with Gasteiger partial charge in [0.2, 0.25) is 0 Å². The van der Waals surface area contributed by atoms with Crippen LogP contribution in [0.5, 0.6) is 0 Å². The van der Waals surface area contributed by atoms with Gasteiger partial charge in [0, 0.05) is 26.1 Å². The molecule has 5 nitrogen and oxygen atoms in total. The van der Waals surface area contributed by atoms with Crippen molar-refractivity contribution in [2.24, 2.45) is 11.8 Å². The van der Waals surface area contributed by atoms with Crippen molar-refractivity contribution in [3.05, 3.63) is 52.8 Å². The van der Waals surface area contributed by atoms with Gasteiger partial charge in [-0.15, -0.1) is 0 Å². The standard InChI is InChI=1S/C21H19Cl2N3O.CH4O/c1-13-7-8-26(10-15(13)11-27)21-20-16(3-2-4-19(20)24-12-25-21)14-5-6-17(22)18(23)9-14;1-2/h2-6,9,11-13,15H,7-8,10H2,1H3;2H,1H3. The number of hydrogen-bond donors (Lipinski definition) is 1. The number of carbonyl (C=O) groups excluding carboxylic acids is 1. The Bertz CT molecular complexity index is 1010. The van der Waals surface area contributed by atoms with E-state index in [2.05, 4.69) is 21.8 Å². The molecule has 0 radical (unpaired) electrons. The maximum Gasteiger partial charge on any atom is 0.140 e. The fourth-order valence-corrected chi connectivity index (χ4v) is 4.00. The zero-order valence-corrected chi connectivity index (χ0v) is 17.9. The number of halogens is 2. The highest BCUT2D eigenvalue weighted by Crippen LogP contribution is 2.37. The minimum absolute atomic E-state index is 0.0147. The van der Waals surface area contributed by atoms with E-state index in [1.54, 1.807) is 12.4 Å². The second-order valence-electron chi connectivity index (χ2n) is 7.04. The SMILES string of the molecule is CC1CCN(c2ncnc3cccc(-c4ccc(Cl)c(Cl)c4)c23)CC1C=O.CO. The molecule has 1 saturated heterocycles. The number of hydrogen-bond acceptors (Lipinski definition) is 5. The Morgan fingerprint density at radius 2 is 1.93 bits per heavy atom. The van der Waals surface area contributed by atoms with E-state index >= 15 is 0 Å². The molecule has 1 aromatic heterocycles. The number of benzene rings is 2. The third-order valence-electron chi connectivity index (χ3n) is 5.36. The van der Waals surface area contributed by atoms with Crippen LogP contribution in [0.15, 0.2) is 42.7 Å². The minimum atomic E-state index is 0.0147. The molecule has 1 N–H and O–H groups in total. The third kappa shape index (κ3) is 4.37. The molecule has 1 fully saturated rings. The van der Waals surface area contributed by atoms with Gasteiger partial charge >= 0.3 is 0 Å². The van der Waals surface area contributed by atoms with E-state index in [1.807, 2.05) is 30.3 Å². The van der Waals surface area contributed by atoms with Crippen molar-refractivity contribution in [2.75, 3.05) is 25.1 Å². The summed E-state index contributed by atoms with van der Waals surface area (Å²) in [7, 11) is 1.00. The Hall–Kier alpha value is -2.21. The van der Waals surface area contributed by atoms with E-state index in [4.69, 9.17) is 28.3 Å². The molecule has 2 aromatic carbocycles. The number of fused-ring (bicyclic) bond motifs is 1. The van der Waals surface area contributed by atoms with Gasteiger partial charge < -0.3 is 14.8 Å². The van der Waals surface area contributed by atoms with Gasteiger partial charge in [0.25, 0.3) is 0 Å². The lowest BCUT2D eigenvalue weighted by molar-refractivity contribution is -0.112. The fourth-order valence-electron chi connectivity index (χ4n) is 3.71. The molecule has 0 saturated carbocycles. The number of carbonyl (C=O) groups is 1. The smallest absolute Gasteiger partial charge is 0.140 e. The number of aromatic nitrogens is 2. The molecule has 2 atom stereocenters. The van der Waals surface area contributed by atoms with E-state index in [9.17, 15) is 4.79 Å². The first-order chi connectivity index (χ1) is 14.1. The maximum absolute atomic E-state index is 11.5. The van der Waals surface area contributed by atoms with Crippen molar-refractivity contribution in [3.8, 4) is 11.1 Å². The lowest BCUT2D eigenvalue weighted by atomic mass is 9.88. The van der Waals surface area contributed by atoms with Crippen molar-refractivity contribution < 1.29 is 9.90 Å². The Morgan fingerprint density at radius 3 is 2.66 bits per heavy atom. The Labute approximate surface area is 180 Å². The monoisotopic (exact) mass is 431 g/mol. The molecule has 1 aliphatic heterocycles. The number of aldehydes is 1. The van der Waals surface area contributed by atoms with Crippen molar-refractivity contribution in [3.63, 3.8) is 0 Å². The first-order valence-corrected chi connectivity index (χ1v) is 10.2. The highest BCUT2D eigenvalue weighted by Gasteiger charge is 2.28. The molecular weight excluding hydrogens is 409 g/mol. The summed E-state index contributed by atoms with van der Waals surface area (Å²) >= 11 is 12.3. The van der Waals surface area contributed by atoms with Crippen LogP contribution in [-0.4, -0.2) is 41.6 Å². The van der Waals surface area contributed by atoms with Crippen LogP contribution < -0.4 is 4.90 Å². The predicted molar refractivity (Wildman–Crippen MR) is 119 cm³/mol. The molecule has 0 spiro atoms. The zero-order valence-electron chi connectivity index (χ0n) is 16.3. The highest BCUT2D eigenvalue weighted by atomic mass is 35.5. The Balaban J connectivity index is 0.00000117. The van der Waals surface area contributed by atoms with Crippen LogP contribution in [-0.2, 0) is 4.79 Å². The van der Waals surface area contributed by atoms with Crippen LogP contribution >= 0.6 is 23.2 Å². The molecule has 2 heterocycles. The van der Waals surface area contributed by atoms with E-state index in [0.29, 0.717) is 22.5 Å². The van der Waals surface area contributed by atoms with E-state index in [0.717, 1.165) is 54.2 Å². The molecule has 1 aliphatic rings. The van der Waals surface area contributed by atoms with Crippen LogP contribution in [0.3, 0.4) is 0 Å². The summed E-state index contributed by atoms with van der Waals surface area (Å²) in [6, 6.07) is 11.6. The first kappa shape index (κ1) is 21.5. The summed E-state index contributed by atoms with van der Waals surface area (Å²) < 4.78 is 0. The first-order valence-electron chi connectivity index (χ1n) is 9.42. The van der Waals surface area contributed by atoms with Gasteiger partial charge in [-0.05, 0) is 41.7 Å². The molecule has 29 heavy (non-hydrogen) atoms. The normalized spacial score (nSPS) is 18.9. The third-order valence-corrected chi connectivity index (χ3v) is 6.10. The van der Waals surface area contributed by atoms with Gasteiger partial charge in [0.05, 0.1) is 20.9 Å². The molecule has 0 bridgehead atoms. The molecule has 3 aromatic rings. The van der Waals surface area contributed by atoms with Crippen LogP contribution in [0, 0.1) is 11.8 Å². The number of anilines is 1. The van der Waals surface area contributed by atoms with Gasteiger partial charge in [-0.1, -0.05) is 48.3 Å². The number of rotatable bonds is 3. The van der Waals surface area contributed by atoms with Crippen molar-refractivity contribution in [2.45, 2.75) is 13.3 Å². The van der Waals surface area contributed by atoms with Gasteiger partial charge in [-0.3, -0.25) is 0 Å². The molecule has 4 rings (SSSR count). The minimum Gasteiger partial charge on any atom is -0.400 e. The summed E-state index contributed by atoms with van der Waals surface area (Å²) in [5.74, 6) is 1.27. The fraction of sp³-hybridized carbons (Fsp3) is 0.318. The van der Waals surface area contributed by atoms with Crippen molar-refractivity contribution in [1.29, 1.82) is 0 Å². The van der Waals surface area contributed by atoms with E-state index in [-0.39, 0.29) is 5.92 Å². The maximum atomic E-state index is 11.5. The van der Waals surface area contributed by atoms with Crippen LogP contribution in [0.25, 0.3) is 22.0 Å². The Kier molecular flexibility index (Phi) is 7.06. The second kappa shape index (κ2) is 9.53. The topological polar surface area (TPSA) is 66.3 Å². The number of nitrogens with zero attached hydrogens (tertiary/aromatic N) is 3. The van der Waals surface area contributed by atoms with Gasteiger partial charge in [-0.25, -0.2) is 9.97 Å². The quantitative estimate of drug-likeness (QED) is 0.598. The van der Waals surface area contributed by atoms with Crippen molar-refractivity contribution in [1.82, 2.24) is 9.97 Å². The molecule has 0 amide bonds. The van der Waals surface area contributed by atoms with Gasteiger partial charge in [0.1, 0.15) is 18.4 Å². The zero-order chi connectivity index (χ0) is 21.0. The molecule has 152 valence electrons. The van der Waals surface area contributed by atoms with Gasteiger partial charge in [0.15, 0.2) is 0 Å². The number of aliphatic hydroxyl groups is 1. The second-order valence-corrected chi connectivity index (χ2v) is 7.85. The van der Waals surface area contributed by atoms with Crippen LogP contribution in [0.4, 0.5) is 5.82 Å². The summed E-state index contributed by atoms with van der Waals surface area (Å²) in [5.41, 5.74) is 2.83. The molecule has 0 aliphatic carbocycles. The lowest BCUT2D eigenvalue weighted by Crippen LogP contribution is -2.40. The van der Waals surface area contributed by atoms with Crippen molar-refractivity contribution >= 4 is 46.2 Å². The summed E-state index contributed by atoms with van der Waals surface area (Å²) in [5, 5.41) is 9.01. The lowest BCUT2D eigenvalue weighted by Gasteiger charge is -2.35.